The van der Waals surface area contributed by atoms with Crippen LogP contribution in [0.3, 0.4) is 0 Å². The number of thioether (sulfide) groups is 1. The summed E-state index contributed by atoms with van der Waals surface area (Å²) in [6, 6.07) is 1.92. The van der Waals surface area contributed by atoms with E-state index in [0.29, 0.717) is 12.4 Å². The molecule has 3 nitrogen and oxygen atoms in total. The van der Waals surface area contributed by atoms with Gasteiger partial charge in [0.1, 0.15) is 11.0 Å². The number of esters is 1. The molecule has 1 heterocycles. The van der Waals surface area contributed by atoms with E-state index in [0.717, 1.165) is 11.3 Å². The molecule has 0 radical (unpaired) electrons. The number of ether oxygens (including phenoxy) is 1. The van der Waals surface area contributed by atoms with Gasteiger partial charge in [0, 0.05) is 0 Å². The lowest BCUT2D eigenvalue weighted by atomic mass is 10.3. The molecule has 0 aliphatic heterocycles. The highest BCUT2D eigenvalue weighted by Gasteiger charge is 2.15. The van der Waals surface area contributed by atoms with Gasteiger partial charge in [0.25, 0.3) is 0 Å². The summed E-state index contributed by atoms with van der Waals surface area (Å²) in [6.45, 7) is 6.09. The van der Waals surface area contributed by atoms with Crippen molar-refractivity contribution in [1.29, 1.82) is 0 Å². The Morgan fingerprint density at radius 1 is 1.67 bits per heavy atom. The van der Waals surface area contributed by atoms with Gasteiger partial charge < -0.3 is 9.15 Å². The SMILES string of the molecule is CCOC(=O)C(C)SCc1occc1C. The van der Waals surface area contributed by atoms with Crippen LogP contribution in [0.4, 0.5) is 0 Å². The zero-order valence-electron chi connectivity index (χ0n) is 9.28. The van der Waals surface area contributed by atoms with Crippen LogP contribution in [0.15, 0.2) is 16.7 Å². The Morgan fingerprint density at radius 3 is 2.93 bits per heavy atom. The molecule has 15 heavy (non-hydrogen) atoms. The van der Waals surface area contributed by atoms with Crippen LogP contribution in [0, 0.1) is 6.92 Å². The molecule has 4 heteroatoms. The average Bonchev–Trinajstić information content (AvgIpc) is 2.61. The molecular formula is C11H16O3S. The van der Waals surface area contributed by atoms with Gasteiger partial charge in [-0.2, -0.15) is 0 Å². The molecule has 1 rings (SSSR count). The summed E-state index contributed by atoms with van der Waals surface area (Å²) < 4.78 is 10.2. The Morgan fingerprint density at radius 2 is 2.40 bits per heavy atom. The van der Waals surface area contributed by atoms with E-state index >= 15 is 0 Å². The van der Waals surface area contributed by atoms with Crippen LogP contribution in [-0.4, -0.2) is 17.8 Å². The highest BCUT2D eigenvalue weighted by molar-refractivity contribution is 7.99. The number of aryl methyl sites for hydroxylation is 1. The summed E-state index contributed by atoms with van der Waals surface area (Å²) in [4.78, 5) is 11.3. The van der Waals surface area contributed by atoms with E-state index in [4.69, 9.17) is 9.15 Å². The molecule has 1 unspecified atom stereocenters. The molecule has 0 amide bonds. The monoisotopic (exact) mass is 228 g/mol. The highest BCUT2D eigenvalue weighted by atomic mass is 32.2. The smallest absolute Gasteiger partial charge is 0.318 e. The van der Waals surface area contributed by atoms with Gasteiger partial charge in [-0.3, -0.25) is 4.79 Å². The minimum absolute atomic E-state index is 0.144. The third kappa shape index (κ3) is 3.63. The van der Waals surface area contributed by atoms with Gasteiger partial charge in [-0.05, 0) is 32.4 Å². The second-order valence-electron chi connectivity index (χ2n) is 3.23. The summed E-state index contributed by atoms with van der Waals surface area (Å²) in [5.41, 5.74) is 1.12. The van der Waals surface area contributed by atoms with Gasteiger partial charge in [-0.1, -0.05) is 0 Å². The van der Waals surface area contributed by atoms with E-state index in [1.807, 2.05) is 26.8 Å². The van der Waals surface area contributed by atoms with Gasteiger partial charge in [0.2, 0.25) is 0 Å². The Kier molecular flexibility index (Phi) is 4.75. The molecule has 84 valence electrons. The largest absolute Gasteiger partial charge is 0.468 e. The van der Waals surface area contributed by atoms with Gasteiger partial charge in [-0.15, -0.1) is 11.8 Å². The predicted octanol–water partition coefficient (Wildman–Crippen LogP) is 2.77. The molecule has 0 fully saturated rings. The normalized spacial score (nSPS) is 12.5. The summed E-state index contributed by atoms with van der Waals surface area (Å²) in [7, 11) is 0. The second-order valence-corrected chi connectivity index (χ2v) is 4.56. The van der Waals surface area contributed by atoms with Crippen molar-refractivity contribution in [2.75, 3.05) is 6.61 Å². The standard InChI is InChI=1S/C11H16O3S/c1-4-13-11(12)9(3)15-7-10-8(2)5-6-14-10/h5-6,9H,4,7H2,1-3H3. The van der Waals surface area contributed by atoms with Crippen molar-refractivity contribution >= 4 is 17.7 Å². The van der Waals surface area contributed by atoms with E-state index in [1.54, 1.807) is 6.26 Å². The summed E-state index contributed by atoms with van der Waals surface area (Å²) in [5, 5.41) is -0.144. The molecular weight excluding hydrogens is 212 g/mol. The van der Waals surface area contributed by atoms with Gasteiger partial charge in [0.15, 0.2) is 0 Å². The van der Waals surface area contributed by atoms with Crippen LogP contribution < -0.4 is 0 Å². The molecule has 0 saturated carbocycles. The van der Waals surface area contributed by atoms with Crippen LogP contribution in [-0.2, 0) is 15.3 Å². The molecule has 1 aromatic heterocycles. The number of rotatable bonds is 5. The predicted molar refractivity (Wildman–Crippen MR) is 60.8 cm³/mol. The van der Waals surface area contributed by atoms with Crippen LogP contribution in [0.1, 0.15) is 25.2 Å². The minimum Gasteiger partial charge on any atom is -0.468 e. The van der Waals surface area contributed by atoms with Crippen molar-refractivity contribution in [3.05, 3.63) is 23.7 Å². The summed E-state index contributed by atoms with van der Waals surface area (Å²) >= 11 is 1.53. The Bertz CT molecular complexity index is 319. The van der Waals surface area contributed by atoms with Crippen molar-refractivity contribution in [3.8, 4) is 0 Å². The molecule has 0 aliphatic rings. The van der Waals surface area contributed by atoms with Crippen molar-refractivity contribution < 1.29 is 13.9 Å². The van der Waals surface area contributed by atoms with Crippen molar-refractivity contribution in [2.24, 2.45) is 0 Å². The third-order valence-corrected chi connectivity index (χ3v) is 3.17. The zero-order valence-corrected chi connectivity index (χ0v) is 10.1. The fourth-order valence-corrected chi connectivity index (χ4v) is 1.98. The van der Waals surface area contributed by atoms with E-state index < -0.39 is 0 Å². The number of carbonyl (C=O) groups is 1. The molecule has 1 aromatic rings. The first-order valence-corrected chi connectivity index (χ1v) is 6.01. The molecule has 0 N–H and O–H groups in total. The summed E-state index contributed by atoms with van der Waals surface area (Å²) in [5.74, 6) is 1.47. The Hall–Kier alpha value is -0.900. The first-order chi connectivity index (χ1) is 7.15. The number of carbonyl (C=O) groups excluding carboxylic acids is 1. The quantitative estimate of drug-likeness (QED) is 0.726. The fraction of sp³-hybridized carbons (Fsp3) is 0.545. The second kappa shape index (κ2) is 5.85. The summed E-state index contributed by atoms with van der Waals surface area (Å²) in [6.07, 6.45) is 1.67. The van der Waals surface area contributed by atoms with Crippen LogP contribution in [0.5, 0.6) is 0 Å². The first kappa shape index (κ1) is 12.2. The maximum atomic E-state index is 11.3. The van der Waals surface area contributed by atoms with E-state index in [2.05, 4.69) is 0 Å². The van der Waals surface area contributed by atoms with E-state index in [9.17, 15) is 4.79 Å². The lowest BCUT2D eigenvalue weighted by molar-refractivity contribution is -0.142. The van der Waals surface area contributed by atoms with Crippen molar-refractivity contribution in [3.63, 3.8) is 0 Å². The van der Waals surface area contributed by atoms with Crippen LogP contribution in [0.2, 0.25) is 0 Å². The van der Waals surface area contributed by atoms with Crippen molar-refractivity contribution in [2.45, 2.75) is 31.8 Å². The molecule has 0 bridgehead atoms. The lowest BCUT2D eigenvalue weighted by Crippen LogP contribution is -2.16. The van der Waals surface area contributed by atoms with Gasteiger partial charge >= 0.3 is 5.97 Å². The van der Waals surface area contributed by atoms with Crippen LogP contribution >= 0.6 is 11.8 Å². The average molecular weight is 228 g/mol. The van der Waals surface area contributed by atoms with Crippen molar-refractivity contribution in [1.82, 2.24) is 0 Å². The minimum atomic E-state index is -0.160. The number of hydrogen-bond acceptors (Lipinski definition) is 4. The highest BCUT2D eigenvalue weighted by Crippen LogP contribution is 2.21. The zero-order chi connectivity index (χ0) is 11.3. The number of furan rings is 1. The first-order valence-electron chi connectivity index (χ1n) is 4.96. The van der Waals surface area contributed by atoms with E-state index in [1.165, 1.54) is 11.8 Å². The molecule has 0 spiro atoms. The maximum absolute atomic E-state index is 11.3. The maximum Gasteiger partial charge on any atom is 0.318 e. The lowest BCUT2D eigenvalue weighted by Gasteiger charge is -2.09. The topological polar surface area (TPSA) is 39.4 Å². The van der Waals surface area contributed by atoms with Gasteiger partial charge in [-0.25, -0.2) is 0 Å². The van der Waals surface area contributed by atoms with E-state index in [-0.39, 0.29) is 11.2 Å². The third-order valence-electron chi connectivity index (χ3n) is 2.05. The molecule has 1 atom stereocenters. The molecule has 0 aromatic carbocycles. The fourth-order valence-electron chi connectivity index (χ4n) is 1.08. The van der Waals surface area contributed by atoms with Crippen LogP contribution in [0.25, 0.3) is 0 Å². The number of hydrogen-bond donors (Lipinski definition) is 0. The Balaban J connectivity index is 2.37. The Labute approximate surface area is 94.2 Å². The molecule has 0 aliphatic carbocycles. The molecule has 0 saturated heterocycles. The van der Waals surface area contributed by atoms with Gasteiger partial charge in [0.05, 0.1) is 18.6 Å².